The van der Waals surface area contributed by atoms with Crippen molar-refractivity contribution < 1.29 is 4.42 Å². The first-order valence-electron chi connectivity index (χ1n) is 4.76. The molecule has 0 amide bonds. The Kier molecular flexibility index (Phi) is 3.23. The molecule has 0 spiro atoms. The molecule has 1 unspecified atom stereocenters. The van der Waals surface area contributed by atoms with E-state index in [4.69, 9.17) is 4.42 Å². The molecule has 2 aromatic rings. The molecule has 78 valence electrons. The fourth-order valence-corrected chi connectivity index (χ4v) is 2.07. The fraction of sp³-hybridized carbons (Fsp3) is 0.167. The van der Waals surface area contributed by atoms with Gasteiger partial charge in [0, 0.05) is 10.0 Å². The third kappa shape index (κ3) is 2.30. The summed E-state index contributed by atoms with van der Waals surface area (Å²) in [5, 5.41) is 3.27. The van der Waals surface area contributed by atoms with Crippen LogP contribution in [0.25, 0.3) is 0 Å². The van der Waals surface area contributed by atoms with Gasteiger partial charge in [-0.25, -0.2) is 0 Å². The third-order valence-electron chi connectivity index (χ3n) is 2.35. The second kappa shape index (κ2) is 4.64. The number of halogens is 1. The van der Waals surface area contributed by atoms with Gasteiger partial charge in [0.1, 0.15) is 0 Å². The summed E-state index contributed by atoms with van der Waals surface area (Å²) in [7, 11) is 1.94. The van der Waals surface area contributed by atoms with Crippen molar-refractivity contribution in [2.75, 3.05) is 7.05 Å². The number of hydrogen-bond acceptors (Lipinski definition) is 2. The van der Waals surface area contributed by atoms with Crippen LogP contribution in [0.15, 0.2) is 51.7 Å². The van der Waals surface area contributed by atoms with Crippen molar-refractivity contribution in [1.82, 2.24) is 5.32 Å². The van der Waals surface area contributed by atoms with Gasteiger partial charge in [0.05, 0.1) is 18.6 Å². The molecular weight excluding hydrogens is 254 g/mol. The van der Waals surface area contributed by atoms with E-state index in [2.05, 4.69) is 33.4 Å². The molecule has 1 aromatic heterocycles. The average Bonchev–Trinajstić information content (AvgIpc) is 2.72. The highest BCUT2D eigenvalue weighted by Gasteiger charge is 2.12. The maximum Gasteiger partial charge on any atom is 0.0953 e. The quantitative estimate of drug-likeness (QED) is 0.921. The van der Waals surface area contributed by atoms with Gasteiger partial charge in [-0.1, -0.05) is 28.1 Å². The van der Waals surface area contributed by atoms with Crippen LogP contribution in [0.4, 0.5) is 0 Å². The van der Waals surface area contributed by atoms with Gasteiger partial charge >= 0.3 is 0 Å². The molecule has 0 saturated carbocycles. The molecule has 0 bridgehead atoms. The molecule has 0 aliphatic heterocycles. The molecule has 1 atom stereocenters. The van der Waals surface area contributed by atoms with E-state index < -0.39 is 0 Å². The van der Waals surface area contributed by atoms with Gasteiger partial charge in [-0.05, 0) is 30.8 Å². The lowest BCUT2D eigenvalue weighted by Gasteiger charge is -2.14. The van der Waals surface area contributed by atoms with E-state index in [0.717, 1.165) is 10.0 Å². The van der Waals surface area contributed by atoms with Crippen molar-refractivity contribution in [3.8, 4) is 0 Å². The van der Waals surface area contributed by atoms with Gasteiger partial charge in [0.2, 0.25) is 0 Å². The summed E-state index contributed by atoms with van der Waals surface area (Å²) in [4.78, 5) is 0. The first-order chi connectivity index (χ1) is 7.31. The zero-order valence-corrected chi connectivity index (χ0v) is 9.99. The summed E-state index contributed by atoms with van der Waals surface area (Å²) in [6.45, 7) is 0. The summed E-state index contributed by atoms with van der Waals surface area (Å²) in [6.07, 6.45) is 3.46. The average molecular weight is 266 g/mol. The van der Waals surface area contributed by atoms with E-state index in [-0.39, 0.29) is 6.04 Å². The third-order valence-corrected chi connectivity index (χ3v) is 2.84. The molecule has 0 saturated heterocycles. The molecule has 15 heavy (non-hydrogen) atoms. The minimum Gasteiger partial charge on any atom is -0.472 e. The number of nitrogens with one attached hydrogen (secondary N) is 1. The Labute approximate surface area is 97.4 Å². The second-order valence-electron chi connectivity index (χ2n) is 3.33. The van der Waals surface area contributed by atoms with Gasteiger partial charge in [-0.3, -0.25) is 0 Å². The Bertz CT molecular complexity index is 425. The predicted molar refractivity (Wildman–Crippen MR) is 63.8 cm³/mol. The Hall–Kier alpha value is -1.06. The van der Waals surface area contributed by atoms with Crippen LogP contribution >= 0.6 is 15.9 Å². The van der Waals surface area contributed by atoms with E-state index in [9.17, 15) is 0 Å². The smallest absolute Gasteiger partial charge is 0.0953 e. The van der Waals surface area contributed by atoms with E-state index >= 15 is 0 Å². The lowest BCUT2D eigenvalue weighted by molar-refractivity contribution is 0.557. The number of benzene rings is 1. The Morgan fingerprint density at radius 3 is 2.73 bits per heavy atom. The largest absolute Gasteiger partial charge is 0.472 e. The molecule has 1 heterocycles. The molecule has 1 N–H and O–H groups in total. The van der Waals surface area contributed by atoms with Crippen LogP contribution in [0.5, 0.6) is 0 Å². The highest BCUT2D eigenvalue weighted by Crippen LogP contribution is 2.24. The lowest BCUT2D eigenvalue weighted by atomic mass is 10.0. The van der Waals surface area contributed by atoms with Crippen LogP contribution < -0.4 is 5.32 Å². The monoisotopic (exact) mass is 265 g/mol. The molecule has 2 rings (SSSR count). The molecule has 0 aliphatic rings. The van der Waals surface area contributed by atoms with Crippen LogP contribution in [-0.2, 0) is 0 Å². The zero-order chi connectivity index (χ0) is 10.7. The van der Waals surface area contributed by atoms with Crippen molar-refractivity contribution in [2.24, 2.45) is 0 Å². The van der Waals surface area contributed by atoms with Crippen molar-refractivity contribution in [2.45, 2.75) is 6.04 Å². The second-order valence-corrected chi connectivity index (χ2v) is 4.25. The first-order valence-corrected chi connectivity index (χ1v) is 5.55. The number of hydrogen-bond donors (Lipinski definition) is 1. The maximum atomic E-state index is 5.10. The maximum absolute atomic E-state index is 5.10. The van der Waals surface area contributed by atoms with Gasteiger partial charge in [-0.15, -0.1) is 0 Å². The topological polar surface area (TPSA) is 25.2 Å². The molecule has 2 nitrogen and oxygen atoms in total. The van der Waals surface area contributed by atoms with Crippen LogP contribution in [0.2, 0.25) is 0 Å². The Morgan fingerprint density at radius 2 is 2.13 bits per heavy atom. The van der Waals surface area contributed by atoms with E-state index in [1.165, 1.54) is 5.56 Å². The van der Waals surface area contributed by atoms with Crippen LogP contribution in [0, 0.1) is 0 Å². The molecule has 1 aromatic carbocycles. The minimum absolute atomic E-state index is 0.182. The molecule has 0 fully saturated rings. The summed E-state index contributed by atoms with van der Waals surface area (Å²) in [5.41, 5.74) is 2.35. The first kappa shape index (κ1) is 10.5. The van der Waals surface area contributed by atoms with Gasteiger partial charge < -0.3 is 9.73 Å². The van der Waals surface area contributed by atoms with Crippen molar-refractivity contribution in [3.63, 3.8) is 0 Å². The summed E-state index contributed by atoms with van der Waals surface area (Å²) < 4.78 is 6.18. The summed E-state index contributed by atoms with van der Waals surface area (Å²) >= 11 is 3.47. The van der Waals surface area contributed by atoms with E-state index in [1.54, 1.807) is 12.5 Å². The van der Waals surface area contributed by atoms with Gasteiger partial charge in [0.25, 0.3) is 0 Å². The molecule has 0 radical (unpaired) electrons. The Morgan fingerprint density at radius 1 is 1.27 bits per heavy atom. The fourth-order valence-electron chi connectivity index (χ4n) is 1.65. The van der Waals surface area contributed by atoms with E-state index in [1.807, 2.05) is 25.2 Å². The van der Waals surface area contributed by atoms with Crippen LogP contribution in [0.1, 0.15) is 17.2 Å². The van der Waals surface area contributed by atoms with Crippen molar-refractivity contribution >= 4 is 15.9 Å². The standard InChI is InChI=1S/C12H12BrNO/c1-14-12(10-5-6-15-8-10)9-3-2-4-11(13)7-9/h2-8,12,14H,1H3. The molecular formula is C12H12BrNO. The number of rotatable bonds is 3. The van der Waals surface area contributed by atoms with E-state index in [0.29, 0.717) is 0 Å². The summed E-state index contributed by atoms with van der Waals surface area (Å²) in [6, 6.07) is 10.4. The lowest BCUT2D eigenvalue weighted by Crippen LogP contribution is -2.16. The highest BCUT2D eigenvalue weighted by atomic mass is 79.9. The van der Waals surface area contributed by atoms with Gasteiger partial charge in [-0.2, -0.15) is 0 Å². The zero-order valence-electron chi connectivity index (χ0n) is 8.41. The van der Waals surface area contributed by atoms with Crippen LogP contribution in [-0.4, -0.2) is 7.05 Å². The summed E-state index contributed by atoms with van der Waals surface area (Å²) in [5.74, 6) is 0. The normalized spacial score (nSPS) is 12.7. The van der Waals surface area contributed by atoms with Crippen molar-refractivity contribution in [3.05, 3.63) is 58.5 Å². The Balaban J connectivity index is 2.35. The number of furan rings is 1. The van der Waals surface area contributed by atoms with Crippen LogP contribution in [0.3, 0.4) is 0 Å². The molecule has 3 heteroatoms. The predicted octanol–water partition coefficient (Wildman–Crippen LogP) is 3.35. The van der Waals surface area contributed by atoms with Crippen molar-refractivity contribution in [1.29, 1.82) is 0 Å². The highest BCUT2D eigenvalue weighted by molar-refractivity contribution is 9.10. The van der Waals surface area contributed by atoms with Gasteiger partial charge in [0.15, 0.2) is 0 Å². The molecule has 0 aliphatic carbocycles. The minimum atomic E-state index is 0.182. The SMILES string of the molecule is CNC(c1ccoc1)c1cccc(Br)c1.